The van der Waals surface area contributed by atoms with Gasteiger partial charge in [0, 0.05) is 18.7 Å². The number of rotatable bonds is 3. The molecule has 0 radical (unpaired) electrons. The molecular weight excluding hydrogens is 372 g/mol. The highest BCUT2D eigenvalue weighted by atomic mass is 35.5. The summed E-state index contributed by atoms with van der Waals surface area (Å²) < 4.78 is 5.26. The topological polar surface area (TPSA) is 95.8 Å². The first kappa shape index (κ1) is 17.5. The van der Waals surface area contributed by atoms with Crippen molar-refractivity contribution >= 4 is 29.4 Å². The number of hydrogen-bond acceptors (Lipinski definition) is 5. The third-order valence-electron chi connectivity index (χ3n) is 4.90. The molecule has 1 aromatic carbocycles. The maximum absolute atomic E-state index is 13.1. The number of urea groups is 1. The van der Waals surface area contributed by atoms with Crippen LogP contribution in [0.5, 0.6) is 0 Å². The van der Waals surface area contributed by atoms with Crippen molar-refractivity contribution in [3.8, 4) is 11.3 Å². The molecule has 8 nitrogen and oxygen atoms in total. The number of halogens is 1. The molecule has 2 fully saturated rings. The van der Waals surface area contributed by atoms with Gasteiger partial charge >= 0.3 is 6.03 Å². The molecule has 9 heteroatoms. The maximum atomic E-state index is 13.1. The zero-order valence-electron chi connectivity index (χ0n) is 14.6. The Labute approximate surface area is 160 Å². The van der Waals surface area contributed by atoms with E-state index in [0.717, 1.165) is 0 Å². The van der Waals surface area contributed by atoms with Crippen molar-refractivity contribution in [2.24, 2.45) is 0 Å². The number of nitrogens with one attached hydrogen (secondary N) is 1. The summed E-state index contributed by atoms with van der Waals surface area (Å²) in [5.41, 5.74) is 1.35. The molecule has 2 saturated heterocycles. The van der Waals surface area contributed by atoms with E-state index in [1.54, 1.807) is 30.0 Å². The summed E-state index contributed by atoms with van der Waals surface area (Å²) in [7, 11) is 0. The molecule has 1 N–H and O–H groups in total. The van der Waals surface area contributed by atoms with E-state index in [0.29, 0.717) is 40.6 Å². The van der Waals surface area contributed by atoms with E-state index in [4.69, 9.17) is 16.1 Å². The monoisotopic (exact) mass is 388 g/mol. The molecule has 4 rings (SSSR count). The van der Waals surface area contributed by atoms with Crippen LogP contribution in [0.2, 0.25) is 5.02 Å². The average molecular weight is 389 g/mol. The Morgan fingerprint density at radius 1 is 1.33 bits per heavy atom. The van der Waals surface area contributed by atoms with E-state index in [-0.39, 0.29) is 30.9 Å². The number of benzene rings is 1. The van der Waals surface area contributed by atoms with Crippen LogP contribution in [-0.4, -0.2) is 58.5 Å². The van der Waals surface area contributed by atoms with Crippen LogP contribution in [-0.2, 0) is 4.79 Å². The molecule has 4 amide bonds. The molecule has 0 spiro atoms. The number of imide groups is 1. The smallest absolute Gasteiger partial charge is 0.324 e. The number of carbonyl (C=O) groups is 3. The lowest BCUT2D eigenvalue weighted by Crippen LogP contribution is -2.43. The number of aromatic nitrogens is 1. The van der Waals surface area contributed by atoms with Crippen LogP contribution in [0.4, 0.5) is 4.79 Å². The Kier molecular flexibility index (Phi) is 4.35. The van der Waals surface area contributed by atoms with Crippen molar-refractivity contribution in [2.75, 3.05) is 19.6 Å². The van der Waals surface area contributed by atoms with Crippen LogP contribution in [0, 0.1) is 6.92 Å². The summed E-state index contributed by atoms with van der Waals surface area (Å²) in [6, 6.07) is 6.37. The molecule has 1 aromatic heterocycles. The fourth-order valence-electron chi connectivity index (χ4n) is 3.56. The Morgan fingerprint density at radius 3 is 2.81 bits per heavy atom. The SMILES string of the molecule is Cc1onc(-c2ccccc2Cl)c1C(=O)N1CCC(N2C(=O)CNC2=O)C1. The van der Waals surface area contributed by atoms with Crippen LogP contribution in [0.15, 0.2) is 28.8 Å². The highest BCUT2D eigenvalue weighted by Crippen LogP contribution is 2.32. The Balaban J connectivity index is 1.60. The second kappa shape index (κ2) is 6.70. The van der Waals surface area contributed by atoms with Crippen LogP contribution in [0.1, 0.15) is 22.5 Å². The number of likely N-dealkylation sites (tertiary alicyclic amines) is 1. The van der Waals surface area contributed by atoms with E-state index in [2.05, 4.69) is 10.5 Å². The van der Waals surface area contributed by atoms with E-state index in [1.807, 2.05) is 6.07 Å². The first-order valence-electron chi connectivity index (χ1n) is 8.57. The number of amides is 4. The summed E-state index contributed by atoms with van der Waals surface area (Å²) in [6.45, 7) is 2.40. The number of aryl methyl sites for hydroxylation is 1. The number of nitrogens with zero attached hydrogens (tertiary/aromatic N) is 3. The standard InChI is InChI=1S/C18H17ClN4O4/c1-10-15(16(21-27-10)12-4-2-3-5-13(12)19)17(25)22-7-6-11(9-22)23-14(24)8-20-18(23)26/h2-5,11H,6-9H2,1H3,(H,20,26). The fraction of sp³-hybridized carbons (Fsp3) is 0.333. The largest absolute Gasteiger partial charge is 0.360 e. The van der Waals surface area contributed by atoms with Gasteiger partial charge in [0.25, 0.3) is 5.91 Å². The molecule has 0 saturated carbocycles. The van der Waals surface area contributed by atoms with Crippen molar-refractivity contribution in [1.82, 2.24) is 20.3 Å². The molecule has 0 bridgehead atoms. The summed E-state index contributed by atoms with van der Waals surface area (Å²) in [5, 5.41) is 7.00. The second-order valence-corrected chi connectivity index (χ2v) is 6.97. The maximum Gasteiger partial charge on any atom is 0.324 e. The third-order valence-corrected chi connectivity index (χ3v) is 5.23. The van der Waals surface area contributed by atoms with Gasteiger partial charge in [0.2, 0.25) is 5.91 Å². The van der Waals surface area contributed by atoms with Gasteiger partial charge in [0.15, 0.2) is 0 Å². The minimum atomic E-state index is -0.405. The predicted octanol–water partition coefficient (Wildman–Crippen LogP) is 2.07. The van der Waals surface area contributed by atoms with E-state index >= 15 is 0 Å². The quantitative estimate of drug-likeness (QED) is 0.812. The highest BCUT2D eigenvalue weighted by molar-refractivity contribution is 6.33. The van der Waals surface area contributed by atoms with Crippen LogP contribution in [0.25, 0.3) is 11.3 Å². The summed E-state index contributed by atoms with van der Waals surface area (Å²) in [4.78, 5) is 39.7. The first-order chi connectivity index (χ1) is 13.0. The Hall–Kier alpha value is -2.87. The van der Waals surface area contributed by atoms with Crippen molar-refractivity contribution in [3.63, 3.8) is 0 Å². The molecule has 1 unspecified atom stereocenters. The normalized spacial score (nSPS) is 19.7. The minimum absolute atomic E-state index is 0.00466. The summed E-state index contributed by atoms with van der Waals surface area (Å²) in [6.07, 6.45) is 0.538. The van der Waals surface area contributed by atoms with Crippen LogP contribution < -0.4 is 5.32 Å². The third kappa shape index (κ3) is 2.95. The van der Waals surface area contributed by atoms with Crippen LogP contribution in [0.3, 0.4) is 0 Å². The first-order valence-corrected chi connectivity index (χ1v) is 8.95. The van der Waals surface area contributed by atoms with Gasteiger partial charge < -0.3 is 14.7 Å². The molecule has 1 atom stereocenters. The predicted molar refractivity (Wildman–Crippen MR) is 96.2 cm³/mol. The fourth-order valence-corrected chi connectivity index (χ4v) is 3.79. The zero-order chi connectivity index (χ0) is 19.1. The molecule has 2 aliphatic rings. The van der Waals surface area contributed by atoms with Gasteiger partial charge in [-0.15, -0.1) is 0 Å². The number of carbonyl (C=O) groups excluding carboxylic acids is 3. The second-order valence-electron chi connectivity index (χ2n) is 6.56. The van der Waals surface area contributed by atoms with E-state index in [9.17, 15) is 14.4 Å². The van der Waals surface area contributed by atoms with Crippen molar-refractivity contribution in [2.45, 2.75) is 19.4 Å². The molecule has 0 aliphatic carbocycles. The molecule has 2 aliphatic heterocycles. The molecule has 140 valence electrons. The summed E-state index contributed by atoms with van der Waals surface area (Å²) >= 11 is 6.25. The van der Waals surface area contributed by atoms with Crippen LogP contribution >= 0.6 is 11.6 Å². The van der Waals surface area contributed by atoms with Gasteiger partial charge in [-0.1, -0.05) is 35.0 Å². The molecular formula is C18H17ClN4O4. The van der Waals surface area contributed by atoms with Crippen molar-refractivity contribution < 1.29 is 18.9 Å². The summed E-state index contributed by atoms with van der Waals surface area (Å²) in [5.74, 6) is -0.121. The van der Waals surface area contributed by atoms with Gasteiger partial charge in [0.1, 0.15) is 17.0 Å². The Bertz CT molecular complexity index is 925. The van der Waals surface area contributed by atoms with E-state index < -0.39 is 6.03 Å². The zero-order valence-corrected chi connectivity index (χ0v) is 15.3. The highest BCUT2D eigenvalue weighted by Gasteiger charge is 2.40. The molecule has 2 aromatic rings. The van der Waals surface area contributed by atoms with Gasteiger partial charge in [0.05, 0.1) is 17.6 Å². The molecule has 3 heterocycles. The van der Waals surface area contributed by atoms with Crippen molar-refractivity contribution in [1.29, 1.82) is 0 Å². The lowest BCUT2D eigenvalue weighted by atomic mass is 10.1. The average Bonchev–Trinajstić information content (AvgIpc) is 3.34. The minimum Gasteiger partial charge on any atom is -0.360 e. The molecule has 27 heavy (non-hydrogen) atoms. The lowest BCUT2D eigenvalue weighted by molar-refractivity contribution is -0.126. The van der Waals surface area contributed by atoms with Gasteiger partial charge in [-0.3, -0.25) is 14.5 Å². The van der Waals surface area contributed by atoms with Gasteiger partial charge in [-0.25, -0.2) is 4.79 Å². The lowest BCUT2D eigenvalue weighted by Gasteiger charge is -2.21. The Morgan fingerprint density at radius 2 is 2.11 bits per heavy atom. The van der Waals surface area contributed by atoms with Crippen molar-refractivity contribution in [3.05, 3.63) is 40.6 Å². The van der Waals surface area contributed by atoms with Gasteiger partial charge in [-0.2, -0.15) is 0 Å². The van der Waals surface area contributed by atoms with E-state index in [1.165, 1.54) is 4.90 Å². The van der Waals surface area contributed by atoms with Gasteiger partial charge in [-0.05, 0) is 19.4 Å². The number of hydrogen-bond donors (Lipinski definition) is 1.